The van der Waals surface area contributed by atoms with Crippen molar-refractivity contribution in [3.63, 3.8) is 0 Å². The first-order chi connectivity index (χ1) is 15.0. The summed E-state index contributed by atoms with van der Waals surface area (Å²) in [5, 5.41) is 5.77. The lowest BCUT2D eigenvalue weighted by Gasteiger charge is -2.33. The van der Waals surface area contributed by atoms with Crippen molar-refractivity contribution in [2.45, 2.75) is 62.4 Å². The highest BCUT2D eigenvalue weighted by molar-refractivity contribution is 8.00. The second-order valence-electron chi connectivity index (χ2n) is 7.82. The molecule has 31 heavy (non-hydrogen) atoms. The molecule has 1 atom stereocenters. The summed E-state index contributed by atoms with van der Waals surface area (Å²) in [5.74, 6) is 1.26. The quantitative estimate of drug-likeness (QED) is 0.240. The van der Waals surface area contributed by atoms with Gasteiger partial charge in [-0.25, -0.2) is 9.97 Å². The van der Waals surface area contributed by atoms with E-state index in [2.05, 4.69) is 26.1 Å². The van der Waals surface area contributed by atoms with E-state index < -0.39 is 0 Å². The molecular weight excluding hydrogens is 446 g/mol. The maximum atomic E-state index is 12.6. The molecule has 1 N–H and O–H groups in total. The highest BCUT2D eigenvalue weighted by Gasteiger charge is 2.33. The third-order valence-corrected chi connectivity index (χ3v) is 8.49. The third-order valence-electron chi connectivity index (χ3n) is 5.36. The van der Waals surface area contributed by atoms with Crippen LogP contribution in [-0.4, -0.2) is 33.0 Å². The van der Waals surface area contributed by atoms with E-state index >= 15 is 0 Å². The van der Waals surface area contributed by atoms with Crippen molar-refractivity contribution in [3.05, 3.63) is 40.8 Å². The van der Waals surface area contributed by atoms with Crippen LogP contribution in [0.15, 0.2) is 40.5 Å². The normalized spacial score (nSPS) is 18.2. The molecule has 1 aliphatic heterocycles. The number of para-hydroxylation sites is 1. The molecule has 5 nitrogen and oxygen atoms in total. The fourth-order valence-electron chi connectivity index (χ4n) is 3.46. The smallest absolute Gasteiger partial charge is 0.234 e. The van der Waals surface area contributed by atoms with Gasteiger partial charge < -0.3 is 10.1 Å². The number of hydrogen-bond acceptors (Lipinski definition) is 7. The van der Waals surface area contributed by atoms with Crippen molar-refractivity contribution in [2.75, 3.05) is 16.8 Å². The number of carbonyl (C=O) groups is 1. The zero-order valence-corrected chi connectivity index (χ0v) is 20.5. The lowest BCUT2D eigenvalue weighted by Crippen LogP contribution is -2.33. The number of amides is 1. The summed E-state index contributed by atoms with van der Waals surface area (Å²) in [4.78, 5) is 24.5. The van der Waals surface area contributed by atoms with E-state index in [4.69, 9.17) is 14.7 Å². The number of anilines is 1. The molecule has 1 aliphatic rings. The number of hydrogen-bond donors (Lipinski definition) is 1. The summed E-state index contributed by atoms with van der Waals surface area (Å²) in [6.07, 6.45) is 2.88. The van der Waals surface area contributed by atoms with Crippen molar-refractivity contribution < 1.29 is 9.53 Å². The van der Waals surface area contributed by atoms with E-state index in [1.54, 1.807) is 23.1 Å². The van der Waals surface area contributed by atoms with Crippen LogP contribution in [0.4, 0.5) is 5.69 Å². The lowest BCUT2D eigenvalue weighted by atomic mass is 9.90. The van der Waals surface area contributed by atoms with Gasteiger partial charge in [-0.3, -0.25) is 4.79 Å². The van der Waals surface area contributed by atoms with Crippen molar-refractivity contribution in [1.82, 2.24) is 9.97 Å². The summed E-state index contributed by atoms with van der Waals surface area (Å²) in [6.45, 7) is 7.11. The molecule has 2 aromatic heterocycles. The second-order valence-corrected chi connectivity index (χ2v) is 10.9. The Balaban J connectivity index is 1.63. The third kappa shape index (κ3) is 5.25. The maximum Gasteiger partial charge on any atom is 0.234 e. The molecule has 1 amide bonds. The Bertz CT molecular complexity index is 1070. The molecule has 164 valence electrons. The first-order valence-electron chi connectivity index (χ1n) is 10.6. The molecule has 0 unspecified atom stereocenters. The minimum atomic E-state index is -0.163. The van der Waals surface area contributed by atoms with Crippen LogP contribution in [0.2, 0.25) is 0 Å². The molecule has 0 radical (unpaired) electrons. The van der Waals surface area contributed by atoms with E-state index in [0.717, 1.165) is 51.1 Å². The Morgan fingerprint density at radius 2 is 2.03 bits per heavy atom. The Labute approximate surface area is 195 Å². The van der Waals surface area contributed by atoms with Gasteiger partial charge in [0.15, 0.2) is 5.16 Å². The van der Waals surface area contributed by atoms with Gasteiger partial charge in [0.2, 0.25) is 5.91 Å². The van der Waals surface area contributed by atoms with Crippen molar-refractivity contribution >= 4 is 56.7 Å². The molecule has 4 rings (SSSR count). The fraction of sp³-hybridized carbons (Fsp3) is 0.435. The van der Waals surface area contributed by atoms with Gasteiger partial charge in [-0.1, -0.05) is 55.6 Å². The molecule has 3 aromatic rings. The molecule has 1 aromatic carbocycles. The fourth-order valence-corrected chi connectivity index (χ4v) is 6.30. The summed E-state index contributed by atoms with van der Waals surface area (Å²) >= 11 is 4.88. The number of fused-ring (bicyclic) bond motifs is 3. The van der Waals surface area contributed by atoms with E-state index in [-0.39, 0.29) is 11.5 Å². The summed E-state index contributed by atoms with van der Waals surface area (Å²) in [7, 11) is 0. The first-order valence-corrected chi connectivity index (χ1v) is 13.4. The minimum absolute atomic E-state index is 0.0310. The van der Waals surface area contributed by atoms with Crippen LogP contribution in [0.3, 0.4) is 0 Å². The van der Waals surface area contributed by atoms with Crippen LogP contribution in [0, 0.1) is 0 Å². The van der Waals surface area contributed by atoms with Gasteiger partial charge in [0, 0.05) is 28.1 Å². The summed E-state index contributed by atoms with van der Waals surface area (Å²) < 4.78 is 6.16. The predicted molar refractivity (Wildman–Crippen MR) is 131 cm³/mol. The lowest BCUT2D eigenvalue weighted by molar-refractivity contribution is -0.113. The summed E-state index contributed by atoms with van der Waals surface area (Å²) in [6, 6.07) is 9.55. The number of thioether (sulfide) groups is 2. The van der Waals surface area contributed by atoms with Crippen molar-refractivity contribution in [1.29, 1.82) is 0 Å². The van der Waals surface area contributed by atoms with Gasteiger partial charge >= 0.3 is 0 Å². The van der Waals surface area contributed by atoms with Crippen LogP contribution in [0.5, 0.6) is 0 Å². The Kier molecular flexibility index (Phi) is 7.21. The largest absolute Gasteiger partial charge is 0.369 e. The molecule has 8 heteroatoms. The molecule has 0 saturated carbocycles. The van der Waals surface area contributed by atoms with Crippen LogP contribution < -0.4 is 5.32 Å². The molecule has 3 heterocycles. The molecule has 0 spiro atoms. The number of nitrogens with zero attached hydrogens (tertiary/aromatic N) is 2. The van der Waals surface area contributed by atoms with Crippen LogP contribution >= 0.6 is 34.9 Å². The first kappa shape index (κ1) is 22.6. The predicted octanol–water partition coefficient (Wildman–Crippen LogP) is 6.17. The van der Waals surface area contributed by atoms with E-state index in [1.807, 2.05) is 30.3 Å². The van der Waals surface area contributed by atoms with Crippen molar-refractivity contribution in [2.24, 2.45) is 0 Å². The zero-order chi connectivity index (χ0) is 21.8. The van der Waals surface area contributed by atoms with Crippen molar-refractivity contribution in [3.8, 4) is 0 Å². The van der Waals surface area contributed by atoms with Gasteiger partial charge in [-0.05, 0) is 37.5 Å². The van der Waals surface area contributed by atoms with Gasteiger partial charge in [0.1, 0.15) is 9.86 Å². The van der Waals surface area contributed by atoms with E-state index in [9.17, 15) is 4.79 Å². The maximum absolute atomic E-state index is 12.6. The standard InChI is InChI=1S/C23H27N3O2S3/c1-4-11-29-22-25-20(30-14-18(27)24-15-9-7-6-8-10-15)19-16-12-23(3,5-2)28-13-17(16)31-21(19)26-22/h6-10H,4-5,11-14H2,1-3H3,(H,24,27)/t23-/m0/s1. The molecule has 0 aliphatic carbocycles. The van der Waals surface area contributed by atoms with Crippen LogP contribution in [-0.2, 0) is 22.6 Å². The number of aromatic nitrogens is 2. The summed E-state index contributed by atoms with van der Waals surface area (Å²) in [5.41, 5.74) is 1.95. The monoisotopic (exact) mass is 473 g/mol. The molecular formula is C23H27N3O2S3. The number of thiophene rings is 1. The molecule has 0 bridgehead atoms. The molecule has 0 saturated heterocycles. The van der Waals surface area contributed by atoms with E-state index in [1.165, 1.54) is 22.2 Å². The van der Waals surface area contributed by atoms with Gasteiger partial charge in [0.05, 0.1) is 18.0 Å². The number of ether oxygens (including phenoxy) is 1. The van der Waals surface area contributed by atoms with E-state index in [0.29, 0.717) is 12.4 Å². The number of benzene rings is 1. The minimum Gasteiger partial charge on any atom is -0.369 e. The van der Waals surface area contributed by atoms with Crippen LogP contribution in [0.25, 0.3) is 10.2 Å². The number of carbonyl (C=O) groups excluding carboxylic acids is 1. The van der Waals surface area contributed by atoms with Gasteiger partial charge in [-0.2, -0.15) is 0 Å². The second kappa shape index (κ2) is 9.90. The SMILES string of the molecule is CCCSc1nc(SCC(=O)Nc2ccccc2)c2c3c(sc2n1)CO[C@@](C)(CC)C3. The average molecular weight is 474 g/mol. The van der Waals surface area contributed by atoms with Gasteiger partial charge in [-0.15, -0.1) is 11.3 Å². The molecule has 0 fully saturated rings. The number of nitrogens with one attached hydrogen (secondary N) is 1. The Morgan fingerprint density at radius 3 is 2.77 bits per heavy atom. The highest BCUT2D eigenvalue weighted by atomic mass is 32.2. The topological polar surface area (TPSA) is 64.1 Å². The van der Waals surface area contributed by atoms with Gasteiger partial charge in [0.25, 0.3) is 0 Å². The highest BCUT2D eigenvalue weighted by Crippen LogP contribution is 2.43. The Morgan fingerprint density at radius 1 is 1.23 bits per heavy atom. The number of rotatable bonds is 8. The zero-order valence-electron chi connectivity index (χ0n) is 18.1. The average Bonchev–Trinajstić information content (AvgIpc) is 3.14. The van der Waals surface area contributed by atoms with Crippen LogP contribution in [0.1, 0.15) is 44.1 Å². The Hall–Kier alpha value is -1.61.